The lowest BCUT2D eigenvalue weighted by Gasteiger charge is -2.08. The van der Waals surface area contributed by atoms with E-state index in [0.29, 0.717) is 10.2 Å². The first-order valence-electron chi connectivity index (χ1n) is 6.79. The van der Waals surface area contributed by atoms with Crippen LogP contribution in [-0.4, -0.2) is 10.8 Å². The fourth-order valence-electron chi connectivity index (χ4n) is 2.27. The van der Waals surface area contributed by atoms with Crippen molar-refractivity contribution in [2.75, 3.05) is 5.32 Å². The van der Waals surface area contributed by atoms with Gasteiger partial charge in [-0.25, -0.2) is 0 Å². The first-order valence-corrected chi connectivity index (χ1v) is 7.58. The smallest absolute Gasteiger partial charge is 0.270 e. The second kappa shape index (κ2) is 6.18. The fourth-order valence-corrected chi connectivity index (χ4v) is 2.69. The minimum atomic E-state index is -0.529. The van der Waals surface area contributed by atoms with E-state index in [-0.39, 0.29) is 11.3 Å². The summed E-state index contributed by atoms with van der Waals surface area (Å²) in [5, 5.41) is 15.7. The number of nitro benzene ring substituents is 1. The molecule has 6 heteroatoms. The molecule has 114 valence electrons. The highest BCUT2D eigenvalue weighted by Gasteiger charge is 2.15. The Kier molecular flexibility index (Phi) is 4.08. The van der Waals surface area contributed by atoms with Crippen LogP contribution in [0.2, 0.25) is 0 Å². The number of anilines is 1. The van der Waals surface area contributed by atoms with Gasteiger partial charge in [0.2, 0.25) is 0 Å². The molecule has 1 N–H and O–H groups in total. The van der Waals surface area contributed by atoms with Crippen molar-refractivity contribution in [3.05, 3.63) is 80.8 Å². The summed E-state index contributed by atoms with van der Waals surface area (Å²) in [5.74, 6) is -0.407. The molecule has 5 nitrogen and oxygen atoms in total. The Hall–Kier alpha value is -2.73. The van der Waals surface area contributed by atoms with Gasteiger partial charge in [0, 0.05) is 22.3 Å². The number of benzene rings is 3. The number of rotatable bonds is 3. The summed E-state index contributed by atoms with van der Waals surface area (Å²) in [7, 11) is 0. The quantitative estimate of drug-likeness (QED) is 0.533. The minimum Gasteiger partial charge on any atom is -0.322 e. The molecule has 0 saturated heterocycles. The van der Waals surface area contributed by atoms with Crippen LogP contribution in [-0.2, 0) is 0 Å². The summed E-state index contributed by atoms with van der Waals surface area (Å²) >= 11 is 3.25. The second-order valence-electron chi connectivity index (χ2n) is 4.94. The minimum absolute atomic E-state index is 0.128. The third-order valence-electron chi connectivity index (χ3n) is 3.41. The third kappa shape index (κ3) is 3.22. The fraction of sp³-hybridized carbons (Fsp3) is 0. The predicted molar refractivity (Wildman–Crippen MR) is 92.7 cm³/mol. The van der Waals surface area contributed by atoms with Gasteiger partial charge in [-0.05, 0) is 44.9 Å². The molecule has 3 rings (SSSR count). The van der Waals surface area contributed by atoms with E-state index in [4.69, 9.17) is 0 Å². The van der Waals surface area contributed by atoms with E-state index in [0.717, 1.165) is 10.8 Å². The molecule has 0 bridgehead atoms. The molecule has 3 aromatic rings. The van der Waals surface area contributed by atoms with Gasteiger partial charge in [-0.15, -0.1) is 0 Å². The molecular formula is C17H11BrN2O3. The van der Waals surface area contributed by atoms with E-state index >= 15 is 0 Å². The monoisotopic (exact) mass is 370 g/mol. The molecule has 0 aliphatic carbocycles. The van der Waals surface area contributed by atoms with E-state index in [1.165, 1.54) is 18.2 Å². The number of carbonyl (C=O) groups is 1. The molecule has 0 spiro atoms. The van der Waals surface area contributed by atoms with Crippen molar-refractivity contribution in [1.29, 1.82) is 0 Å². The second-order valence-corrected chi connectivity index (χ2v) is 5.79. The highest BCUT2D eigenvalue weighted by molar-refractivity contribution is 9.10. The van der Waals surface area contributed by atoms with E-state index < -0.39 is 10.8 Å². The van der Waals surface area contributed by atoms with Crippen LogP contribution in [0.3, 0.4) is 0 Å². The van der Waals surface area contributed by atoms with Crippen LogP contribution in [0, 0.1) is 10.1 Å². The normalized spacial score (nSPS) is 10.5. The van der Waals surface area contributed by atoms with E-state index in [9.17, 15) is 14.9 Å². The first-order chi connectivity index (χ1) is 11.0. The van der Waals surface area contributed by atoms with Crippen molar-refractivity contribution in [3.8, 4) is 0 Å². The zero-order valence-electron chi connectivity index (χ0n) is 11.8. The summed E-state index contributed by atoms with van der Waals surface area (Å²) < 4.78 is 0.501. The number of hydrogen-bond donors (Lipinski definition) is 1. The average molecular weight is 371 g/mol. The number of non-ortho nitro benzene ring substituents is 1. The van der Waals surface area contributed by atoms with Crippen LogP contribution in [0.1, 0.15) is 10.4 Å². The zero-order chi connectivity index (χ0) is 16.4. The molecular weight excluding hydrogens is 360 g/mol. The van der Waals surface area contributed by atoms with Crippen molar-refractivity contribution in [1.82, 2.24) is 0 Å². The van der Waals surface area contributed by atoms with Crippen LogP contribution in [0.4, 0.5) is 11.4 Å². The van der Waals surface area contributed by atoms with Crippen LogP contribution in [0.5, 0.6) is 0 Å². The molecule has 0 fully saturated rings. The van der Waals surface area contributed by atoms with Crippen LogP contribution in [0.15, 0.2) is 65.1 Å². The Morgan fingerprint density at radius 1 is 1.00 bits per heavy atom. The molecule has 0 aromatic heterocycles. The van der Waals surface area contributed by atoms with Crippen molar-refractivity contribution < 1.29 is 9.72 Å². The zero-order valence-corrected chi connectivity index (χ0v) is 13.4. The Morgan fingerprint density at radius 3 is 2.48 bits per heavy atom. The molecule has 0 heterocycles. The van der Waals surface area contributed by atoms with Crippen molar-refractivity contribution in [2.45, 2.75) is 0 Å². The highest BCUT2D eigenvalue weighted by atomic mass is 79.9. The molecule has 0 aliphatic rings. The number of fused-ring (bicyclic) bond motifs is 1. The third-order valence-corrected chi connectivity index (χ3v) is 4.10. The number of nitrogens with zero attached hydrogens (tertiary/aromatic N) is 1. The van der Waals surface area contributed by atoms with Gasteiger partial charge in [0.1, 0.15) is 0 Å². The van der Waals surface area contributed by atoms with E-state index in [1.807, 2.05) is 36.4 Å². The number of hydrogen-bond acceptors (Lipinski definition) is 3. The van der Waals surface area contributed by atoms with Crippen molar-refractivity contribution in [3.63, 3.8) is 0 Å². The molecule has 0 atom stereocenters. The van der Waals surface area contributed by atoms with Gasteiger partial charge in [-0.1, -0.05) is 30.3 Å². The van der Waals surface area contributed by atoms with Gasteiger partial charge in [0.15, 0.2) is 0 Å². The number of carbonyl (C=O) groups excluding carboxylic acids is 1. The molecule has 3 aromatic carbocycles. The molecule has 1 amide bonds. The van der Waals surface area contributed by atoms with E-state index in [2.05, 4.69) is 21.2 Å². The highest BCUT2D eigenvalue weighted by Crippen LogP contribution is 2.24. The van der Waals surface area contributed by atoms with Gasteiger partial charge in [-0.3, -0.25) is 14.9 Å². The first kappa shape index (κ1) is 15.2. The summed E-state index contributed by atoms with van der Waals surface area (Å²) in [6.07, 6.45) is 0. The number of nitrogens with one attached hydrogen (secondary N) is 1. The SMILES string of the molecule is O=C(Nc1ccc2ccccc2c1)c1cc([N+](=O)[O-])ccc1Br. The van der Waals surface area contributed by atoms with Gasteiger partial charge >= 0.3 is 0 Å². The Labute approximate surface area is 140 Å². The van der Waals surface area contributed by atoms with Crippen LogP contribution >= 0.6 is 15.9 Å². The maximum atomic E-state index is 12.4. The standard InChI is InChI=1S/C17H11BrN2O3/c18-16-8-7-14(20(22)23)10-15(16)17(21)19-13-6-5-11-3-1-2-4-12(11)9-13/h1-10H,(H,19,21). The Balaban J connectivity index is 1.91. The van der Waals surface area contributed by atoms with Crippen LogP contribution in [0.25, 0.3) is 10.8 Å². The number of nitro groups is 1. The lowest BCUT2D eigenvalue weighted by Crippen LogP contribution is -2.12. The van der Waals surface area contributed by atoms with Crippen molar-refractivity contribution in [2.24, 2.45) is 0 Å². The maximum Gasteiger partial charge on any atom is 0.270 e. The van der Waals surface area contributed by atoms with Gasteiger partial charge in [0.25, 0.3) is 11.6 Å². The maximum absolute atomic E-state index is 12.4. The molecule has 0 unspecified atom stereocenters. The Bertz CT molecular complexity index is 925. The van der Waals surface area contributed by atoms with Gasteiger partial charge in [-0.2, -0.15) is 0 Å². The molecule has 0 aliphatic heterocycles. The molecule has 23 heavy (non-hydrogen) atoms. The van der Waals surface area contributed by atoms with Gasteiger partial charge in [0.05, 0.1) is 10.5 Å². The van der Waals surface area contributed by atoms with Crippen molar-refractivity contribution >= 4 is 44.0 Å². The number of amides is 1. The summed E-state index contributed by atoms with van der Waals surface area (Å²) in [4.78, 5) is 22.7. The van der Waals surface area contributed by atoms with Crippen LogP contribution < -0.4 is 5.32 Å². The topological polar surface area (TPSA) is 72.2 Å². The lowest BCUT2D eigenvalue weighted by molar-refractivity contribution is -0.384. The molecule has 0 radical (unpaired) electrons. The molecule has 0 saturated carbocycles. The Morgan fingerprint density at radius 2 is 1.74 bits per heavy atom. The number of halogens is 1. The van der Waals surface area contributed by atoms with E-state index in [1.54, 1.807) is 6.07 Å². The summed E-state index contributed by atoms with van der Waals surface area (Å²) in [5.41, 5.74) is 0.719. The summed E-state index contributed by atoms with van der Waals surface area (Å²) in [6.45, 7) is 0. The largest absolute Gasteiger partial charge is 0.322 e. The predicted octanol–water partition coefficient (Wildman–Crippen LogP) is 4.76. The average Bonchev–Trinajstić information content (AvgIpc) is 2.54. The summed E-state index contributed by atoms with van der Waals surface area (Å²) in [6, 6.07) is 17.5. The lowest BCUT2D eigenvalue weighted by atomic mass is 10.1. The van der Waals surface area contributed by atoms with Gasteiger partial charge < -0.3 is 5.32 Å².